The van der Waals surface area contributed by atoms with E-state index in [9.17, 15) is 14.7 Å². The van der Waals surface area contributed by atoms with Crippen molar-refractivity contribution in [2.45, 2.75) is 38.3 Å². The molecule has 1 fully saturated rings. The van der Waals surface area contributed by atoms with Crippen molar-refractivity contribution in [3.05, 3.63) is 35.4 Å². The maximum Gasteiger partial charge on any atom is 0.317 e. The van der Waals surface area contributed by atoms with Crippen LogP contribution in [0.1, 0.15) is 36.8 Å². The Kier molecular flexibility index (Phi) is 3.57. The van der Waals surface area contributed by atoms with Crippen LogP contribution >= 0.6 is 0 Å². The molecule has 2 amide bonds. The van der Waals surface area contributed by atoms with Crippen molar-refractivity contribution in [1.29, 1.82) is 0 Å². The SMILES string of the molecule is CCC1CC1NC(=O)N1Cc2ccccc2C(C(=O)O)C1. The van der Waals surface area contributed by atoms with Crippen molar-refractivity contribution in [3.8, 4) is 0 Å². The van der Waals surface area contributed by atoms with Gasteiger partial charge in [-0.05, 0) is 23.5 Å². The van der Waals surface area contributed by atoms with Gasteiger partial charge in [0.15, 0.2) is 0 Å². The molecular weight excluding hydrogens is 268 g/mol. The third-order valence-corrected chi connectivity index (χ3v) is 4.54. The lowest BCUT2D eigenvalue weighted by atomic mass is 9.90. The number of carbonyl (C=O) groups excluding carboxylic acids is 1. The summed E-state index contributed by atoms with van der Waals surface area (Å²) in [5.41, 5.74) is 1.75. The average molecular weight is 288 g/mol. The molecule has 5 nitrogen and oxygen atoms in total. The lowest BCUT2D eigenvalue weighted by molar-refractivity contribution is -0.139. The summed E-state index contributed by atoms with van der Waals surface area (Å²) in [5.74, 6) is -0.930. The fraction of sp³-hybridized carbons (Fsp3) is 0.500. The first-order valence-electron chi connectivity index (χ1n) is 7.46. The molecule has 1 aromatic rings. The number of aliphatic carboxylic acids is 1. The predicted octanol–water partition coefficient (Wildman–Crippen LogP) is 2.18. The molecule has 5 heteroatoms. The van der Waals surface area contributed by atoms with E-state index >= 15 is 0 Å². The molecule has 1 saturated carbocycles. The number of amides is 2. The minimum Gasteiger partial charge on any atom is -0.481 e. The minimum atomic E-state index is -0.877. The maximum absolute atomic E-state index is 12.3. The Balaban J connectivity index is 1.74. The first-order chi connectivity index (χ1) is 10.1. The van der Waals surface area contributed by atoms with Gasteiger partial charge < -0.3 is 15.3 Å². The van der Waals surface area contributed by atoms with Crippen LogP contribution in [0.2, 0.25) is 0 Å². The van der Waals surface area contributed by atoms with E-state index < -0.39 is 11.9 Å². The van der Waals surface area contributed by atoms with Crippen LogP contribution in [0.15, 0.2) is 24.3 Å². The van der Waals surface area contributed by atoms with E-state index in [0.29, 0.717) is 12.5 Å². The Morgan fingerprint density at radius 3 is 2.81 bits per heavy atom. The van der Waals surface area contributed by atoms with Gasteiger partial charge in [0, 0.05) is 19.1 Å². The molecule has 0 aromatic heterocycles. The van der Waals surface area contributed by atoms with Gasteiger partial charge in [-0.25, -0.2) is 4.79 Å². The summed E-state index contributed by atoms with van der Waals surface area (Å²) < 4.78 is 0. The zero-order valence-corrected chi connectivity index (χ0v) is 12.1. The highest BCUT2D eigenvalue weighted by Crippen LogP contribution is 2.34. The van der Waals surface area contributed by atoms with E-state index in [-0.39, 0.29) is 18.6 Å². The van der Waals surface area contributed by atoms with E-state index in [2.05, 4.69) is 12.2 Å². The summed E-state index contributed by atoms with van der Waals surface area (Å²) >= 11 is 0. The van der Waals surface area contributed by atoms with E-state index in [4.69, 9.17) is 0 Å². The number of carboxylic acids is 1. The van der Waals surface area contributed by atoms with Gasteiger partial charge in [-0.15, -0.1) is 0 Å². The Labute approximate surface area is 123 Å². The lowest BCUT2D eigenvalue weighted by Crippen LogP contribution is -2.46. The summed E-state index contributed by atoms with van der Waals surface area (Å²) in [5, 5.41) is 12.4. The highest BCUT2D eigenvalue weighted by Gasteiger charge is 2.39. The molecule has 3 unspecified atom stereocenters. The maximum atomic E-state index is 12.3. The van der Waals surface area contributed by atoms with Crippen molar-refractivity contribution in [2.24, 2.45) is 5.92 Å². The number of rotatable bonds is 3. The molecule has 112 valence electrons. The van der Waals surface area contributed by atoms with Gasteiger partial charge in [-0.1, -0.05) is 37.6 Å². The molecule has 0 bridgehead atoms. The molecule has 1 aliphatic heterocycles. The van der Waals surface area contributed by atoms with Gasteiger partial charge >= 0.3 is 12.0 Å². The van der Waals surface area contributed by atoms with Crippen LogP contribution in [-0.2, 0) is 11.3 Å². The van der Waals surface area contributed by atoms with Gasteiger partial charge in [-0.2, -0.15) is 0 Å². The molecule has 21 heavy (non-hydrogen) atoms. The van der Waals surface area contributed by atoms with Crippen molar-refractivity contribution >= 4 is 12.0 Å². The zero-order valence-electron chi connectivity index (χ0n) is 12.1. The third kappa shape index (κ3) is 2.73. The topological polar surface area (TPSA) is 69.6 Å². The van der Waals surface area contributed by atoms with Gasteiger partial charge in [0.25, 0.3) is 0 Å². The van der Waals surface area contributed by atoms with Crippen molar-refractivity contribution < 1.29 is 14.7 Å². The minimum absolute atomic E-state index is 0.142. The number of benzene rings is 1. The summed E-state index contributed by atoms with van der Waals surface area (Å²) in [6.07, 6.45) is 2.11. The Bertz CT molecular complexity index is 572. The number of nitrogens with one attached hydrogen (secondary N) is 1. The normalized spacial score (nSPS) is 26.9. The van der Waals surface area contributed by atoms with E-state index in [0.717, 1.165) is 24.0 Å². The number of fused-ring (bicyclic) bond motifs is 1. The van der Waals surface area contributed by atoms with Gasteiger partial charge in [0.1, 0.15) is 0 Å². The van der Waals surface area contributed by atoms with Crippen LogP contribution in [-0.4, -0.2) is 34.6 Å². The second-order valence-electron chi connectivity index (χ2n) is 5.93. The van der Waals surface area contributed by atoms with Crippen LogP contribution in [0.4, 0.5) is 4.79 Å². The number of urea groups is 1. The summed E-state index contributed by atoms with van der Waals surface area (Å²) in [6, 6.07) is 7.60. The largest absolute Gasteiger partial charge is 0.481 e. The number of hydrogen-bond acceptors (Lipinski definition) is 2. The second kappa shape index (κ2) is 5.39. The molecule has 1 aliphatic carbocycles. The van der Waals surface area contributed by atoms with Crippen molar-refractivity contribution in [1.82, 2.24) is 10.2 Å². The third-order valence-electron chi connectivity index (χ3n) is 4.54. The molecular formula is C16H20N2O3. The smallest absolute Gasteiger partial charge is 0.317 e. The molecule has 2 aliphatic rings. The standard InChI is InChI=1S/C16H20N2O3/c1-2-10-7-14(10)17-16(21)18-8-11-5-3-4-6-12(11)13(9-18)15(19)20/h3-6,10,13-14H,2,7-9H2,1H3,(H,17,21)(H,19,20). The van der Waals surface area contributed by atoms with Crippen LogP contribution in [0.3, 0.4) is 0 Å². The Morgan fingerprint density at radius 1 is 1.38 bits per heavy atom. The van der Waals surface area contributed by atoms with Crippen LogP contribution in [0.25, 0.3) is 0 Å². The average Bonchev–Trinajstić information content (AvgIpc) is 3.24. The van der Waals surface area contributed by atoms with E-state index in [1.807, 2.05) is 24.3 Å². The quantitative estimate of drug-likeness (QED) is 0.895. The second-order valence-corrected chi connectivity index (χ2v) is 5.93. The molecule has 0 saturated heterocycles. The summed E-state index contributed by atoms with van der Waals surface area (Å²) in [7, 11) is 0. The highest BCUT2D eigenvalue weighted by molar-refractivity contribution is 5.81. The molecule has 3 atom stereocenters. The number of nitrogens with zero attached hydrogens (tertiary/aromatic N) is 1. The van der Waals surface area contributed by atoms with Gasteiger partial charge in [0.05, 0.1) is 5.92 Å². The molecule has 1 heterocycles. The van der Waals surface area contributed by atoms with Crippen molar-refractivity contribution in [3.63, 3.8) is 0 Å². The number of carbonyl (C=O) groups is 2. The van der Waals surface area contributed by atoms with Crippen LogP contribution in [0.5, 0.6) is 0 Å². The molecule has 0 spiro atoms. The molecule has 1 aromatic carbocycles. The van der Waals surface area contributed by atoms with Crippen molar-refractivity contribution in [2.75, 3.05) is 6.54 Å². The number of carboxylic acid groups (broad SMARTS) is 1. The first kappa shape index (κ1) is 13.9. The number of hydrogen-bond donors (Lipinski definition) is 2. The molecule has 2 N–H and O–H groups in total. The van der Waals surface area contributed by atoms with Crippen LogP contribution in [0, 0.1) is 5.92 Å². The fourth-order valence-electron chi connectivity index (χ4n) is 3.10. The molecule has 0 radical (unpaired) electrons. The van der Waals surface area contributed by atoms with E-state index in [1.165, 1.54) is 0 Å². The Hall–Kier alpha value is -2.04. The zero-order chi connectivity index (χ0) is 15.0. The summed E-state index contributed by atoms with van der Waals surface area (Å²) in [4.78, 5) is 25.4. The van der Waals surface area contributed by atoms with Gasteiger partial charge in [0.2, 0.25) is 0 Å². The lowest BCUT2D eigenvalue weighted by Gasteiger charge is -2.32. The van der Waals surface area contributed by atoms with Crippen LogP contribution < -0.4 is 5.32 Å². The van der Waals surface area contributed by atoms with Gasteiger partial charge in [-0.3, -0.25) is 4.79 Å². The fourth-order valence-corrected chi connectivity index (χ4v) is 3.10. The molecule has 3 rings (SSSR count). The summed E-state index contributed by atoms with van der Waals surface area (Å²) in [6.45, 7) is 2.84. The van der Waals surface area contributed by atoms with E-state index in [1.54, 1.807) is 4.90 Å². The highest BCUT2D eigenvalue weighted by atomic mass is 16.4. The Morgan fingerprint density at radius 2 is 2.14 bits per heavy atom. The first-order valence-corrected chi connectivity index (χ1v) is 7.46. The monoisotopic (exact) mass is 288 g/mol. The predicted molar refractivity (Wildman–Crippen MR) is 77.9 cm³/mol.